The lowest BCUT2D eigenvalue weighted by atomic mass is 10.1. The molecule has 0 spiro atoms. The van der Waals surface area contributed by atoms with Crippen molar-refractivity contribution in [2.24, 2.45) is 5.92 Å². The van der Waals surface area contributed by atoms with Gasteiger partial charge in [-0.3, -0.25) is 14.5 Å². The second kappa shape index (κ2) is 8.12. The maximum atomic E-state index is 12.2. The highest BCUT2D eigenvalue weighted by molar-refractivity contribution is 5.78. The van der Waals surface area contributed by atoms with Crippen LogP contribution < -0.4 is 5.32 Å². The highest BCUT2D eigenvalue weighted by Crippen LogP contribution is 2.07. The van der Waals surface area contributed by atoms with E-state index in [1.54, 1.807) is 0 Å². The van der Waals surface area contributed by atoms with E-state index < -0.39 is 5.97 Å². The molecule has 1 aliphatic heterocycles. The van der Waals surface area contributed by atoms with Crippen LogP contribution in [-0.4, -0.2) is 72.6 Å². The number of nitrogens with zero attached hydrogens (tertiary/aromatic N) is 2. The highest BCUT2D eigenvalue weighted by atomic mass is 16.4. The first kappa shape index (κ1) is 15.9. The number of hydrogen-bond donors (Lipinski definition) is 2. The van der Waals surface area contributed by atoms with Crippen molar-refractivity contribution in [3.8, 4) is 0 Å². The van der Waals surface area contributed by atoms with Crippen LogP contribution in [0.3, 0.4) is 0 Å². The molecule has 110 valence electrons. The van der Waals surface area contributed by atoms with Crippen LogP contribution in [0.15, 0.2) is 0 Å². The van der Waals surface area contributed by atoms with E-state index in [1.165, 1.54) is 0 Å². The summed E-state index contributed by atoms with van der Waals surface area (Å²) >= 11 is 0. The van der Waals surface area contributed by atoms with Gasteiger partial charge in [-0.05, 0) is 13.0 Å². The summed E-state index contributed by atoms with van der Waals surface area (Å²) in [4.78, 5) is 26.7. The first-order valence-corrected chi connectivity index (χ1v) is 6.98. The molecule has 1 unspecified atom stereocenters. The molecule has 0 saturated carbocycles. The first-order chi connectivity index (χ1) is 9.04. The van der Waals surface area contributed by atoms with Gasteiger partial charge in [-0.1, -0.05) is 13.8 Å². The third-order valence-electron chi connectivity index (χ3n) is 3.38. The van der Waals surface area contributed by atoms with E-state index in [0.29, 0.717) is 19.6 Å². The number of carboxylic acid groups (broad SMARTS) is 1. The molecule has 1 saturated heterocycles. The number of carbonyl (C=O) groups excluding carboxylic acids is 1. The summed E-state index contributed by atoms with van der Waals surface area (Å²) in [6, 6.07) is 0. The van der Waals surface area contributed by atoms with E-state index in [0.717, 1.165) is 26.1 Å². The number of rotatable bonds is 6. The Hall–Kier alpha value is -1.14. The minimum atomic E-state index is -0.805. The maximum absolute atomic E-state index is 12.2. The average Bonchev–Trinajstić information content (AvgIpc) is 2.60. The van der Waals surface area contributed by atoms with Crippen molar-refractivity contribution in [2.45, 2.75) is 20.3 Å². The SMILES string of the molecule is CCNCC(C)C(=O)N1CCCN(CC(=O)O)CC1. The van der Waals surface area contributed by atoms with Crippen LogP contribution in [0, 0.1) is 5.92 Å². The van der Waals surface area contributed by atoms with Crippen LogP contribution in [0.1, 0.15) is 20.3 Å². The minimum Gasteiger partial charge on any atom is -0.480 e. The zero-order chi connectivity index (χ0) is 14.3. The molecule has 0 bridgehead atoms. The Morgan fingerprint density at radius 3 is 2.63 bits per heavy atom. The van der Waals surface area contributed by atoms with Gasteiger partial charge in [-0.25, -0.2) is 0 Å². The quantitative estimate of drug-likeness (QED) is 0.703. The second-order valence-corrected chi connectivity index (χ2v) is 5.06. The van der Waals surface area contributed by atoms with Crippen LogP contribution >= 0.6 is 0 Å². The lowest BCUT2D eigenvalue weighted by molar-refractivity contribution is -0.138. The van der Waals surface area contributed by atoms with Gasteiger partial charge in [-0.2, -0.15) is 0 Å². The van der Waals surface area contributed by atoms with Crippen LogP contribution in [0.4, 0.5) is 0 Å². The van der Waals surface area contributed by atoms with Crippen LogP contribution in [0.2, 0.25) is 0 Å². The Morgan fingerprint density at radius 2 is 2.00 bits per heavy atom. The summed E-state index contributed by atoms with van der Waals surface area (Å²) in [5.74, 6) is -0.663. The van der Waals surface area contributed by atoms with E-state index in [1.807, 2.05) is 23.6 Å². The molecule has 1 heterocycles. The first-order valence-electron chi connectivity index (χ1n) is 6.98. The van der Waals surface area contributed by atoms with Gasteiger partial charge < -0.3 is 15.3 Å². The average molecular weight is 271 g/mol. The molecule has 1 aliphatic rings. The molecule has 0 aromatic carbocycles. The van der Waals surface area contributed by atoms with Gasteiger partial charge in [0.05, 0.1) is 6.54 Å². The Kier molecular flexibility index (Phi) is 6.80. The van der Waals surface area contributed by atoms with Crippen molar-refractivity contribution in [3.05, 3.63) is 0 Å². The van der Waals surface area contributed by atoms with Crippen molar-refractivity contribution in [1.29, 1.82) is 0 Å². The summed E-state index contributed by atoms with van der Waals surface area (Å²) in [5.41, 5.74) is 0. The van der Waals surface area contributed by atoms with E-state index >= 15 is 0 Å². The zero-order valence-electron chi connectivity index (χ0n) is 11.9. The third-order valence-corrected chi connectivity index (χ3v) is 3.38. The molecule has 0 radical (unpaired) electrons. The van der Waals surface area contributed by atoms with Crippen molar-refractivity contribution in [2.75, 3.05) is 45.8 Å². The number of hydrogen-bond acceptors (Lipinski definition) is 4. The molecular formula is C13H25N3O3. The van der Waals surface area contributed by atoms with Crippen molar-refractivity contribution in [1.82, 2.24) is 15.1 Å². The van der Waals surface area contributed by atoms with Crippen molar-refractivity contribution < 1.29 is 14.7 Å². The summed E-state index contributed by atoms with van der Waals surface area (Å²) in [6.45, 7) is 8.33. The van der Waals surface area contributed by atoms with Crippen LogP contribution in [0.5, 0.6) is 0 Å². The summed E-state index contributed by atoms with van der Waals surface area (Å²) in [5, 5.41) is 12.0. The summed E-state index contributed by atoms with van der Waals surface area (Å²) in [6.07, 6.45) is 0.840. The number of carbonyl (C=O) groups is 2. The maximum Gasteiger partial charge on any atom is 0.317 e. The van der Waals surface area contributed by atoms with Crippen molar-refractivity contribution >= 4 is 11.9 Å². The number of nitrogens with one attached hydrogen (secondary N) is 1. The second-order valence-electron chi connectivity index (χ2n) is 5.06. The molecule has 6 heteroatoms. The fourth-order valence-corrected chi connectivity index (χ4v) is 2.30. The lowest BCUT2D eigenvalue weighted by Crippen LogP contribution is -2.41. The molecule has 0 aromatic heterocycles. The topological polar surface area (TPSA) is 72.9 Å². The number of aliphatic carboxylic acids is 1. The zero-order valence-corrected chi connectivity index (χ0v) is 11.9. The molecule has 2 N–H and O–H groups in total. The highest BCUT2D eigenvalue weighted by Gasteiger charge is 2.23. The monoisotopic (exact) mass is 271 g/mol. The van der Waals surface area contributed by atoms with Crippen LogP contribution in [0.25, 0.3) is 0 Å². The molecule has 0 aromatic rings. The predicted molar refractivity (Wildman–Crippen MR) is 73.0 cm³/mol. The van der Waals surface area contributed by atoms with Gasteiger partial charge in [0.2, 0.25) is 5.91 Å². The van der Waals surface area contributed by atoms with Gasteiger partial charge in [0.15, 0.2) is 0 Å². The van der Waals surface area contributed by atoms with E-state index in [2.05, 4.69) is 5.32 Å². The Labute approximate surface area is 114 Å². The Morgan fingerprint density at radius 1 is 1.26 bits per heavy atom. The van der Waals surface area contributed by atoms with Gasteiger partial charge in [0, 0.05) is 38.6 Å². The standard InChI is InChI=1S/C13H25N3O3/c1-3-14-9-11(2)13(19)16-6-4-5-15(7-8-16)10-12(17)18/h11,14H,3-10H2,1-2H3,(H,17,18). The van der Waals surface area contributed by atoms with Gasteiger partial charge in [0.25, 0.3) is 0 Å². The molecule has 19 heavy (non-hydrogen) atoms. The van der Waals surface area contributed by atoms with Crippen LogP contribution in [-0.2, 0) is 9.59 Å². The van der Waals surface area contributed by atoms with E-state index in [9.17, 15) is 9.59 Å². The van der Waals surface area contributed by atoms with E-state index in [-0.39, 0.29) is 18.4 Å². The molecule has 1 amide bonds. The van der Waals surface area contributed by atoms with Gasteiger partial charge >= 0.3 is 5.97 Å². The summed E-state index contributed by atoms with van der Waals surface area (Å²) < 4.78 is 0. The number of amides is 1. The fraction of sp³-hybridized carbons (Fsp3) is 0.846. The summed E-state index contributed by atoms with van der Waals surface area (Å²) in [7, 11) is 0. The van der Waals surface area contributed by atoms with Gasteiger partial charge in [-0.15, -0.1) is 0 Å². The van der Waals surface area contributed by atoms with Crippen molar-refractivity contribution in [3.63, 3.8) is 0 Å². The Bertz CT molecular complexity index is 310. The largest absolute Gasteiger partial charge is 0.480 e. The molecule has 1 rings (SSSR count). The third kappa shape index (κ3) is 5.57. The number of carboxylic acids is 1. The van der Waals surface area contributed by atoms with Gasteiger partial charge in [0.1, 0.15) is 0 Å². The van der Waals surface area contributed by atoms with E-state index in [4.69, 9.17) is 5.11 Å². The molecule has 1 atom stereocenters. The molecular weight excluding hydrogens is 246 g/mol. The normalized spacial score (nSPS) is 18.9. The smallest absolute Gasteiger partial charge is 0.317 e. The fourth-order valence-electron chi connectivity index (χ4n) is 2.30. The Balaban J connectivity index is 2.43. The predicted octanol–water partition coefficient (Wildman–Crippen LogP) is -0.149. The molecule has 0 aliphatic carbocycles. The minimum absolute atomic E-state index is 0.0222. The lowest BCUT2D eigenvalue weighted by Gasteiger charge is -2.24. The molecule has 1 fully saturated rings. The molecule has 6 nitrogen and oxygen atoms in total.